The largest absolute Gasteiger partial charge is 0.496 e. The Kier molecular flexibility index (Phi) is 7.03. The molecule has 0 fully saturated rings. The van der Waals surface area contributed by atoms with Crippen LogP contribution in [0.3, 0.4) is 0 Å². The first-order chi connectivity index (χ1) is 11.7. The lowest BCUT2D eigenvalue weighted by molar-refractivity contribution is 0.190. The van der Waals surface area contributed by atoms with Crippen LogP contribution in [-0.4, -0.2) is 32.0 Å². The zero-order chi connectivity index (χ0) is 17.4. The van der Waals surface area contributed by atoms with Gasteiger partial charge >= 0.3 is 0 Å². The van der Waals surface area contributed by atoms with E-state index in [0.717, 1.165) is 23.2 Å². The topological polar surface area (TPSA) is 50.7 Å². The third kappa shape index (κ3) is 5.22. The molecule has 4 nitrogen and oxygen atoms in total. The van der Waals surface area contributed by atoms with E-state index in [2.05, 4.69) is 5.32 Å². The van der Waals surface area contributed by atoms with Gasteiger partial charge in [-0.15, -0.1) is 0 Å². The summed E-state index contributed by atoms with van der Waals surface area (Å²) < 4.78 is 23.8. The molecule has 24 heavy (non-hydrogen) atoms. The fourth-order valence-electron chi connectivity index (χ4n) is 2.66. The Morgan fingerprint density at radius 3 is 2.67 bits per heavy atom. The van der Waals surface area contributed by atoms with E-state index >= 15 is 0 Å². The summed E-state index contributed by atoms with van der Waals surface area (Å²) in [6.07, 6.45) is 1.47. The molecule has 0 saturated carbocycles. The van der Waals surface area contributed by atoms with Gasteiger partial charge in [0.05, 0.1) is 13.7 Å². The normalized spacial score (nSPS) is 12.0. The van der Waals surface area contributed by atoms with Crippen molar-refractivity contribution in [1.29, 1.82) is 0 Å². The summed E-state index contributed by atoms with van der Waals surface area (Å²) in [7, 11) is 3.24. The van der Waals surface area contributed by atoms with E-state index in [1.54, 1.807) is 26.4 Å². The van der Waals surface area contributed by atoms with Crippen LogP contribution in [0.5, 0.6) is 5.75 Å². The highest BCUT2D eigenvalue weighted by molar-refractivity contribution is 5.51. The van der Waals surface area contributed by atoms with E-state index < -0.39 is 0 Å². The molecule has 5 heteroatoms. The Balaban J connectivity index is 2.13. The molecule has 0 radical (unpaired) electrons. The third-order valence-corrected chi connectivity index (χ3v) is 3.86. The molecule has 1 unspecified atom stereocenters. The average Bonchev–Trinajstić information content (AvgIpc) is 2.59. The van der Waals surface area contributed by atoms with Crippen molar-refractivity contribution in [2.24, 2.45) is 0 Å². The minimum Gasteiger partial charge on any atom is -0.496 e. The molecule has 0 aliphatic rings. The molecule has 2 aromatic rings. The standard InChI is InChI=1S/C19H24FNO3/c1-23-9-8-18(11-14-4-3-5-16(20)10-14)21-17-6-7-19(24-2)15(12-17)13-22/h3-7,10,12,18,21-22H,8-9,11,13H2,1-2H3. The van der Waals surface area contributed by atoms with Crippen molar-refractivity contribution in [2.75, 3.05) is 26.1 Å². The number of aliphatic hydroxyl groups excluding tert-OH is 1. The van der Waals surface area contributed by atoms with E-state index in [1.165, 1.54) is 6.07 Å². The van der Waals surface area contributed by atoms with Gasteiger partial charge in [-0.05, 0) is 48.7 Å². The highest BCUT2D eigenvalue weighted by atomic mass is 19.1. The van der Waals surface area contributed by atoms with Crippen molar-refractivity contribution in [3.63, 3.8) is 0 Å². The van der Waals surface area contributed by atoms with E-state index in [4.69, 9.17) is 9.47 Å². The fourth-order valence-corrected chi connectivity index (χ4v) is 2.66. The van der Waals surface area contributed by atoms with Gasteiger partial charge in [-0.1, -0.05) is 12.1 Å². The Bertz CT molecular complexity index is 648. The molecule has 0 aromatic heterocycles. The first-order valence-electron chi connectivity index (χ1n) is 7.94. The highest BCUT2D eigenvalue weighted by Gasteiger charge is 2.12. The van der Waals surface area contributed by atoms with Crippen molar-refractivity contribution in [1.82, 2.24) is 0 Å². The predicted octanol–water partition coefficient (Wildman–Crippen LogP) is 3.39. The number of hydrogen-bond donors (Lipinski definition) is 2. The van der Waals surface area contributed by atoms with Gasteiger partial charge in [-0.3, -0.25) is 0 Å². The number of ether oxygens (including phenoxy) is 2. The summed E-state index contributed by atoms with van der Waals surface area (Å²) >= 11 is 0. The molecule has 2 N–H and O–H groups in total. The number of nitrogens with one attached hydrogen (secondary N) is 1. The van der Waals surface area contributed by atoms with Gasteiger partial charge < -0.3 is 19.9 Å². The minimum absolute atomic E-state index is 0.0895. The second-order valence-electron chi connectivity index (χ2n) is 5.64. The van der Waals surface area contributed by atoms with Crippen molar-refractivity contribution in [2.45, 2.75) is 25.5 Å². The number of methoxy groups -OCH3 is 2. The summed E-state index contributed by atoms with van der Waals surface area (Å²) in [5.74, 6) is 0.423. The van der Waals surface area contributed by atoms with Gasteiger partial charge in [0.1, 0.15) is 11.6 Å². The van der Waals surface area contributed by atoms with E-state index in [1.807, 2.05) is 24.3 Å². The van der Waals surface area contributed by atoms with Gasteiger partial charge in [0.15, 0.2) is 0 Å². The van der Waals surface area contributed by atoms with Crippen LogP contribution in [0.4, 0.5) is 10.1 Å². The first kappa shape index (κ1) is 18.2. The lowest BCUT2D eigenvalue weighted by Gasteiger charge is -2.21. The van der Waals surface area contributed by atoms with Gasteiger partial charge in [-0.25, -0.2) is 4.39 Å². The molecule has 2 rings (SSSR count). The van der Waals surface area contributed by atoms with Crippen molar-refractivity contribution < 1.29 is 19.0 Å². The zero-order valence-corrected chi connectivity index (χ0v) is 14.1. The number of rotatable bonds is 9. The number of anilines is 1. The zero-order valence-electron chi connectivity index (χ0n) is 14.1. The van der Waals surface area contributed by atoms with Crippen LogP contribution in [0, 0.1) is 5.82 Å². The van der Waals surface area contributed by atoms with Crippen molar-refractivity contribution in [3.05, 3.63) is 59.4 Å². The number of aliphatic hydroxyl groups is 1. The highest BCUT2D eigenvalue weighted by Crippen LogP contribution is 2.24. The van der Waals surface area contributed by atoms with Crippen LogP contribution in [0.15, 0.2) is 42.5 Å². The van der Waals surface area contributed by atoms with Crippen LogP contribution < -0.4 is 10.1 Å². The van der Waals surface area contributed by atoms with Crippen molar-refractivity contribution >= 4 is 5.69 Å². The van der Waals surface area contributed by atoms with Crippen LogP contribution in [0.25, 0.3) is 0 Å². The van der Waals surface area contributed by atoms with Crippen LogP contribution in [-0.2, 0) is 17.8 Å². The molecule has 0 amide bonds. The van der Waals surface area contributed by atoms with Crippen LogP contribution >= 0.6 is 0 Å². The van der Waals surface area contributed by atoms with E-state index in [-0.39, 0.29) is 18.5 Å². The molecule has 0 saturated heterocycles. The predicted molar refractivity (Wildman–Crippen MR) is 92.9 cm³/mol. The molecule has 0 aliphatic heterocycles. The van der Waals surface area contributed by atoms with Crippen LogP contribution in [0.2, 0.25) is 0 Å². The number of halogens is 1. The summed E-state index contributed by atoms with van der Waals surface area (Å²) in [5.41, 5.74) is 2.54. The molecule has 0 heterocycles. The second-order valence-corrected chi connectivity index (χ2v) is 5.64. The van der Waals surface area contributed by atoms with Gasteiger partial charge in [-0.2, -0.15) is 0 Å². The Labute approximate surface area is 142 Å². The molecular formula is C19H24FNO3. The summed E-state index contributed by atoms with van der Waals surface area (Å²) in [4.78, 5) is 0. The Morgan fingerprint density at radius 2 is 2.00 bits per heavy atom. The average molecular weight is 333 g/mol. The summed E-state index contributed by atoms with van der Waals surface area (Å²) in [6, 6.07) is 12.3. The lowest BCUT2D eigenvalue weighted by atomic mass is 10.0. The Hall–Kier alpha value is -2.11. The maximum absolute atomic E-state index is 13.4. The molecule has 2 aromatic carbocycles. The van der Waals surface area contributed by atoms with Gasteiger partial charge in [0.2, 0.25) is 0 Å². The maximum atomic E-state index is 13.4. The number of benzene rings is 2. The van der Waals surface area contributed by atoms with Gasteiger partial charge in [0, 0.05) is 31.0 Å². The molecule has 0 aliphatic carbocycles. The minimum atomic E-state index is -0.231. The van der Waals surface area contributed by atoms with Crippen LogP contribution in [0.1, 0.15) is 17.5 Å². The van der Waals surface area contributed by atoms with Crippen molar-refractivity contribution in [3.8, 4) is 5.75 Å². The SMILES string of the molecule is COCCC(Cc1cccc(F)c1)Nc1ccc(OC)c(CO)c1. The third-order valence-electron chi connectivity index (χ3n) is 3.86. The smallest absolute Gasteiger partial charge is 0.124 e. The summed E-state index contributed by atoms with van der Waals surface area (Å²) in [6.45, 7) is 0.515. The second kappa shape index (κ2) is 9.25. The fraction of sp³-hybridized carbons (Fsp3) is 0.368. The molecule has 1 atom stereocenters. The quantitative estimate of drug-likeness (QED) is 0.739. The number of hydrogen-bond acceptors (Lipinski definition) is 4. The molecular weight excluding hydrogens is 309 g/mol. The van der Waals surface area contributed by atoms with E-state index in [0.29, 0.717) is 18.8 Å². The molecule has 130 valence electrons. The molecule has 0 bridgehead atoms. The molecule has 0 spiro atoms. The van der Waals surface area contributed by atoms with E-state index in [9.17, 15) is 9.50 Å². The first-order valence-corrected chi connectivity index (χ1v) is 7.94. The monoisotopic (exact) mass is 333 g/mol. The van der Waals surface area contributed by atoms with Gasteiger partial charge in [0.25, 0.3) is 0 Å². The lowest BCUT2D eigenvalue weighted by Crippen LogP contribution is -2.24. The Morgan fingerprint density at radius 1 is 1.17 bits per heavy atom. The maximum Gasteiger partial charge on any atom is 0.124 e. The summed E-state index contributed by atoms with van der Waals surface area (Å²) in [5, 5.41) is 12.9.